The minimum absolute atomic E-state index is 0.00700. The Morgan fingerprint density at radius 1 is 1.22 bits per heavy atom. The summed E-state index contributed by atoms with van der Waals surface area (Å²) >= 11 is 0. The van der Waals surface area contributed by atoms with E-state index in [1.165, 1.54) is 0 Å². The van der Waals surface area contributed by atoms with Crippen LogP contribution in [0.1, 0.15) is 36.1 Å². The Morgan fingerprint density at radius 2 is 2.04 bits per heavy atom. The van der Waals surface area contributed by atoms with Crippen molar-refractivity contribution < 1.29 is 9.53 Å². The molecule has 0 saturated heterocycles. The second-order valence-corrected chi connectivity index (χ2v) is 6.54. The number of rotatable bonds is 8. The number of amides is 1. The van der Waals surface area contributed by atoms with Crippen molar-refractivity contribution in [2.45, 2.75) is 39.5 Å². The molecule has 0 spiro atoms. The van der Waals surface area contributed by atoms with Gasteiger partial charge in [-0.2, -0.15) is 5.10 Å². The lowest BCUT2D eigenvalue weighted by molar-refractivity contribution is -0.122. The van der Waals surface area contributed by atoms with E-state index in [1.807, 2.05) is 56.4 Å². The van der Waals surface area contributed by atoms with Crippen molar-refractivity contribution in [2.24, 2.45) is 0 Å². The highest BCUT2D eigenvalue weighted by atomic mass is 16.5. The molecule has 3 rings (SSSR count). The molecule has 140 valence electrons. The lowest BCUT2D eigenvalue weighted by atomic mass is 10.1. The molecule has 0 aliphatic heterocycles. The maximum atomic E-state index is 12.2. The van der Waals surface area contributed by atoms with E-state index >= 15 is 0 Å². The normalized spacial score (nSPS) is 11.8. The zero-order valence-electron chi connectivity index (χ0n) is 15.6. The first-order valence-corrected chi connectivity index (χ1v) is 9.00. The Hall–Kier alpha value is -3.15. The first-order chi connectivity index (χ1) is 13.1. The molecule has 1 amide bonds. The van der Waals surface area contributed by atoms with E-state index in [0.29, 0.717) is 19.6 Å². The first-order valence-electron chi connectivity index (χ1n) is 9.00. The summed E-state index contributed by atoms with van der Waals surface area (Å²) in [5.41, 5.74) is 3.15. The molecule has 1 atom stereocenters. The Kier molecular flexibility index (Phi) is 6.20. The summed E-state index contributed by atoms with van der Waals surface area (Å²) in [7, 11) is 0. The summed E-state index contributed by atoms with van der Waals surface area (Å²) in [4.78, 5) is 16.2. The predicted octanol–water partition coefficient (Wildman–Crippen LogP) is 3.43. The number of ether oxygens (including phenoxy) is 1. The van der Waals surface area contributed by atoms with Gasteiger partial charge in [0.25, 0.3) is 0 Å². The van der Waals surface area contributed by atoms with Crippen molar-refractivity contribution >= 4 is 5.91 Å². The third kappa shape index (κ3) is 5.67. The highest BCUT2D eigenvalue weighted by Crippen LogP contribution is 2.18. The van der Waals surface area contributed by atoms with Gasteiger partial charge >= 0.3 is 0 Å². The van der Waals surface area contributed by atoms with Gasteiger partial charge in [0.15, 0.2) is 0 Å². The van der Waals surface area contributed by atoms with Crippen molar-refractivity contribution in [1.29, 1.82) is 0 Å². The van der Waals surface area contributed by atoms with Gasteiger partial charge in [-0.1, -0.05) is 18.2 Å². The van der Waals surface area contributed by atoms with Crippen molar-refractivity contribution in [3.05, 3.63) is 77.9 Å². The molecule has 0 bridgehead atoms. The highest BCUT2D eigenvalue weighted by molar-refractivity contribution is 5.76. The molecule has 0 aliphatic rings. The molecule has 0 fully saturated rings. The molecular weight excluding hydrogens is 340 g/mol. The van der Waals surface area contributed by atoms with Gasteiger partial charge in [-0.05, 0) is 43.2 Å². The summed E-state index contributed by atoms with van der Waals surface area (Å²) in [6.45, 7) is 5.01. The lowest BCUT2D eigenvalue weighted by Crippen LogP contribution is -2.27. The molecule has 0 saturated carbocycles. The number of aryl methyl sites for hydroxylation is 2. The molecule has 27 heavy (non-hydrogen) atoms. The Morgan fingerprint density at radius 3 is 2.70 bits per heavy atom. The van der Waals surface area contributed by atoms with Gasteiger partial charge in [0.05, 0.1) is 12.2 Å². The Labute approximate surface area is 159 Å². The molecule has 3 aromatic rings. The van der Waals surface area contributed by atoms with Gasteiger partial charge in [-0.15, -0.1) is 0 Å². The molecule has 0 radical (unpaired) electrons. The quantitative estimate of drug-likeness (QED) is 0.665. The number of carbonyl (C=O) groups is 1. The zero-order valence-corrected chi connectivity index (χ0v) is 15.6. The number of carbonyl (C=O) groups excluding carboxylic acids is 1. The van der Waals surface area contributed by atoms with Crippen LogP contribution in [-0.2, 0) is 17.9 Å². The van der Waals surface area contributed by atoms with Gasteiger partial charge in [-0.25, -0.2) is 0 Å². The number of nitrogens with zero attached hydrogens (tertiary/aromatic N) is 3. The van der Waals surface area contributed by atoms with Gasteiger partial charge in [-0.3, -0.25) is 14.5 Å². The second kappa shape index (κ2) is 8.98. The molecule has 1 aromatic carbocycles. The fourth-order valence-corrected chi connectivity index (χ4v) is 2.71. The lowest BCUT2D eigenvalue weighted by Gasteiger charge is -2.15. The van der Waals surface area contributed by atoms with E-state index in [4.69, 9.17) is 4.74 Å². The third-order valence-electron chi connectivity index (χ3n) is 4.22. The number of benzene rings is 1. The molecule has 2 aromatic heterocycles. The first kappa shape index (κ1) is 18.6. The summed E-state index contributed by atoms with van der Waals surface area (Å²) in [6.07, 6.45) is 7.65. The summed E-state index contributed by atoms with van der Waals surface area (Å²) in [5, 5.41) is 7.21. The van der Waals surface area contributed by atoms with Crippen molar-refractivity contribution in [2.75, 3.05) is 0 Å². The van der Waals surface area contributed by atoms with Crippen LogP contribution in [0.15, 0.2) is 61.2 Å². The van der Waals surface area contributed by atoms with E-state index in [9.17, 15) is 4.79 Å². The number of hydrogen-bond acceptors (Lipinski definition) is 4. The van der Waals surface area contributed by atoms with Crippen LogP contribution in [0.3, 0.4) is 0 Å². The molecule has 6 heteroatoms. The number of aromatic nitrogens is 3. The predicted molar refractivity (Wildman–Crippen MR) is 103 cm³/mol. The van der Waals surface area contributed by atoms with E-state index in [1.54, 1.807) is 23.3 Å². The average molecular weight is 364 g/mol. The van der Waals surface area contributed by atoms with Crippen LogP contribution < -0.4 is 10.1 Å². The SMILES string of the molecule is Cc1cnn(CCC(=O)NC(C)c2ccc(OCc3cccnc3)cc2)c1. The van der Waals surface area contributed by atoms with Crippen LogP contribution in [0.4, 0.5) is 0 Å². The molecule has 2 heterocycles. The smallest absolute Gasteiger partial charge is 0.222 e. The molecule has 0 aliphatic carbocycles. The number of nitrogens with one attached hydrogen (secondary N) is 1. The maximum Gasteiger partial charge on any atom is 0.222 e. The molecule has 1 unspecified atom stereocenters. The molecule has 1 N–H and O–H groups in total. The average Bonchev–Trinajstić information content (AvgIpc) is 3.11. The Bertz CT molecular complexity index is 859. The fourth-order valence-electron chi connectivity index (χ4n) is 2.71. The van der Waals surface area contributed by atoms with Gasteiger partial charge in [0, 0.05) is 37.1 Å². The minimum Gasteiger partial charge on any atom is -0.489 e. The molecule has 6 nitrogen and oxygen atoms in total. The van der Waals surface area contributed by atoms with Gasteiger partial charge in [0.2, 0.25) is 5.91 Å². The number of hydrogen-bond donors (Lipinski definition) is 1. The standard InChI is InChI=1S/C21H24N4O2/c1-16-12-23-25(14-16)11-9-21(26)24-17(2)19-5-7-20(8-6-19)27-15-18-4-3-10-22-13-18/h3-8,10,12-14,17H,9,11,15H2,1-2H3,(H,24,26). The summed E-state index contributed by atoms with van der Waals surface area (Å²) in [6, 6.07) is 11.6. The molecular formula is C21H24N4O2. The van der Waals surface area contributed by atoms with Crippen LogP contribution in [0.25, 0.3) is 0 Å². The summed E-state index contributed by atoms with van der Waals surface area (Å²) < 4.78 is 7.55. The van der Waals surface area contributed by atoms with Crippen LogP contribution in [0.5, 0.6) is 5.75 Å². The van der Waals surface area contributed by atoms with Crippen molar-refractivity contribution in [1.82, 2.24) is 20.1 Å². The zero-order chi connectivity index (χ0) is 19.1. The fraction of sp³-hybridized carbons (Fsp3) is 0.286. The maximum absolute atomic E-state index is 12.2. The minimum atomic E-state index is -0.0655. The van der Waals surface area contributed by atoms with E-state index < -0.39 is 0 Å². The monoisotopic (exact) mass is 364 g/mol. The van der Waals surface area contributed by atoms with Gasteiger partial charge < -0.3 is 10.1 Å². The second-order valence-electron chi connectivity index (χ2n) is 6.54. The van der Waals surface area contributed by atoms with Gasteiger partial charge in [0.1, 0.15) is 12.4 Å². The van der Waals surface area contributed by atoms with E-state index in [0.717, 1.165) is 22.4 Å². The van der Waals surface area contributed by atoms with Crippen LogP contribution in [0, 0.1) is 6.92 Å². The number of pyridine rings is 1. The van der Waals surface area contributed by atoms with E-state index in [-0.39, 0.29) is 11.9 Å². The van der Waals surface area contributed by atoms with E-state index in [2.05, 4.69) is 15.4 Å². The van der Waals surface area contributed by atoms with Crippen LogP contribution in [-0.4, -0.2) is 20.7 Å². The largest absolute Gasteiger partial charge is 0.489 e. The van der Waals surface area contributed by atoms with Crippen LogP contribution >= 0.6 is 0 Å². The topological polar surface area (TPSA) is 69.0 Å². The Balaban J connectivity index is 1.46. The summed E-state index contributed by atoms with van der Waals surface area (Å²) in [5.74, 6) is 0.794. The van der Waals surface area contributed by atoms with Crippen molar-refractivity contribution in [3.8, 4) is 5.75 Å². The van der Waals surface area contributed by atoms with Crippen LogP contribution in [0.2, 0.25) is 0 Å². The van der Waals surface area contributed by atoms with Crippen molar-refractivity contribution in [3.63, 3.8) is 0 Å². The highest BCUT2D eigenvalue weighted by Gasteiger charge is 2.10. The third-order valence-corrected chi connectivity index (χ3v) is 4.22.